The Kier molecular flexibility index (Phi) is 3.69. The number of hydrogen-bond acceptors (Lipinski definition) is 3. The van der Waals surface area contributed by atoms with Crippen LogP contribution in [-0.2, 0) is 9.59 Å². The Morgan fingerprint density at radius 3 is 2.74 bits per heavy atom. The highest BCUT2D eigenvalue weighted by Crippen LogP contribution is 2.39. The van der Waals surface area contributed by atoms with E-state index in [1.54, 1.807) is 6.92 Å². The van der Waals surface area contributed by atoms with Gasteiger partial charge in [0.05, 0.1) is 18.4 Å². The van der Waals surface area contributed by atoms with Gasteiger partial charge in [-0.2, -0.15) is 0 Å². The smallest absolute Gasteiger partial charge is 0.307 e. The summed E-state index contributed by atoms with van der Waals surface area (Å²) in [5.74, 6) is -2.95. The maximum Gasteiger partial charge on any atom is 0.307 e. The molecular weight excluding hydrogens is 253 g/mol. The van der Waals surface area contributed by atoms with Crippen LogP contribution in [0.5, 0.6) is 5.75 Å². The number of aliphatic carboxylic acids is 1. The molecule has 0 bridgehead atoms. The van der Waals surface area contributed by atoms with Crippen molar-refractivity contribution in [1.29, 1.82) is 0 Å². The Balaban J connectivity index is 1.98. The summed E-state index contributed by atoms with van der Waals surface area (Å²) in [4.78, 5) is 22.3. The Morgan fingerprint density at radius 1 is 1.47 bits per heavy atom. The van der Waals surface area contributed by atoms with E-state index < -0.39 is 29.5 Å². The lowest BCUT2D eigenvalue weighted by molar-refractivity contribution is -0.139. The van der Waals surface area contributed by atoms with Crippen LogP contribution in [-0.4, -0.2) is 23.6 Å². The van der Waals surface area contributed by atoms with Gasteiger partial charge in [-0.15, -0.1) is 0 Å². The molecule has 0 radical (unpaired) electrons. The first-order valence-electron chi connectivity index (χ1n) is 5.99. The summed E-state index contributed by atoms with van der Waals surface area (Å²) < 4.78 is 18.6. The maximum absolute atomic E-state index is 13.5. The average Bonchev–Trinajstić information content (AvgIpc) is 3.13. The number of hydrogen-bond donors (Lipinski definition) is 2. The van der Waals surface area contributed by atoms with Gasteiger partial charge in [-0.25, -0.2) is 4.39 Å². The van der Waals surface area contributed by atoms with Crippen molar-refractivity contribution in [2.45, 2.75) is 13.3 Å². The molecule has 1 saturated carbocycles. The third kappa shape index (κ3) is 3.01. The van der Waals surface area contributed by atoms with Gasteiger partial charge in [0, 0.05) is 11.8 Å². The molecule has 1 aliphatic carbocycles. The van der Waals surface area contributed by atoms with Crippen LogP contribution in [0.2, 0.25) is 0 Å². The van der Waals surface area contributed by atoms with Gasteiger partial charge in [-0.05, 0) is 25.5 Å². The first-order chi connectivity index (χ1) is 9.02. The molecule has 6 heteroatoms. The SMILES string of the molecule is CCOc1ccc(NC(=O)[C@@H]2C[C@@H]2C(=O)O)cc1F. The summed E-state index contributed by atoms with van der Waals surface area (Å²) >= 11 is 0. The fourth-order valence-corrected chi connectivity index (χ4v) is 1.84. The average molecular weight is 267 g/mol. The van der Waals surface area contributed by atoms with Gasteiger partial charge < -0.3 is 15.2 Å². The Morgan fingerprint density at radius 2 is 2.21 bits per heavy atom. The number of nitrogens with one attached hydrogen (secondary N) is 1. The highest BCUT2D eigenvalue weighted by atomic mass is 19.1. The van der Waals surface area contributed by atoms with E-state index in [2.05, 4.69) is 5.32 Å². The van der Waals surface area contributed by atoms with Crippen molar-refractivity contribution in [2.24, 2.45) is 11.8 Å². The highest BCUT2D eigenvalue weighted by Gasteiger charge is 2.48. The summed E-state index contributed by atoms with van der Waals surface area (Å²) in [6.07, 6.45) is 0.334. The fourth-order valence-electron chi connectivity index (χ4n) is 1.84. The minimum atomic E-state index is -0.974. The number of carbonyl (C=O) groups excluding carboxylic acids is 1. The monoisotopic (exact) mass is 267 g/mol. The van der Waals surface area contributed by atoms with Crippen molar-refractivity contribution < 1.29 is 23.8 Å². The number of benzene rings is 1. The quantitative estimate of drug-likeness (QED) is 0.854. The van der Waals surface area contributed by atoms with E-state index in [0.29, 0.717) is 18.7 Å². The first-order valence-corrected chi connectivity index (χ1v) is 5.99. The van der Waals surface area contributed by atoms with Crippen LogP contribution in [0.25, 0.3) is 0 Å². The minimum absolute atomic E-state index is 0.121. The van der Waals surface area contributed by atoms with Crippen LogP contribution in [0, 0.1) is 17.7 Å². The van der Waals surface area contributed by atoms with Crippen LogP contribution in [0.1, 0.15) is 13.3 Å². The van der Waals surface area contributed by atoms with Crippen LogP contribution in [0.3, 0.4) is 0 Å². The van der Waals surface area contributed by atoms with Gasteiger partial charge in [-0.3, -0.25) is 9.59 Å². The molecule has 1 amide bonds. The maximum atomic E-state index is 13.5. The lowest BCUT2D eigenvalue weighted by atomic mass is 10.2. The zero-order valence-corrected chi connectivity index (χ0v) is 10.4. The van der Waals surface area contributed by atoms with Crippen LogP contribution >= 0.6 is 0 Å². The highest BCUT2D eigenvalue weighted by molar-refractivity contribution is 5.98. The molecule has 102 valence electrons. The number of carbonyl (C=O) groups is 2. The topological polar surface area (TPSA) is 75.6 Å². The molecule has 1 aliphatic rings. The Labute approximate surface area is 109 Å². The van der Waals surface area contributed by atoms with Crippen LogP contribution in [0.15, 0.2) is 18.2 Å². The van der Waals surface area contributed by atoms with E-state index in [4.69, 9.17) is 9.84 Å². The molecule has 1 fully saturated rings. The second-order valence-corrected chi connectivity index (χ2v) is 4.35. The number of rotatable bonds is 5. The van der Waals surface area contributed by atoms with Crippen molar-refractivity contribution in [2.75, 3.05) is 11.9 Å². The molecule has 0 aromatic heterocycles. The van der Waals surface area contributed by atoms with Crippen molar-refractivity contribution >= 4 is 17.6 Å². The molecular formula is C13H14FNO4. The van der Waals surface area contributed by atoms with Gasteiger partial charge in [0.1, 0.15) is 0 Å². The van der Waals surface area contributed by atoms with Crippen molar-refractivity contribution in [3.05, 3.63) is 24.0 Å². The van der Waals surface area contributed by atoms with E-state index in [1.165, 1.54) is 12.1 Å². The predicted octanol–water partition coefficient (Wildman–Crippen LogP) is 1.88. The second-order valence-electron chi connectivity index (χ2n) is 4.35. The molecule has 19 heavy (non-hydrogen) atoms. The molecule has 1 aromatic rings. The van der Waals surface area contributed by atoms with Gasteiger partial charge in [0.15, 0.2) is 11.6 Å². The number of anilines is 1. The zero-order chi connectivity index (χ0) is 14.0. The van der Waals surface area contributed by atoms with E-state index >= 15 is 0 Å². The van der Waals surface area contributed by atoms with E-state index in [1.807, 2.05) is 0 Å². The fraction of sp³-hybridized carbons (Fsp3) is 0.385. The van der Waals surface area contributed by atoms with E-state index in [0.717, 1.165) is 6.07 Å². The number of carboxylic acids is 1. The Hall–Kier alpha value is -2.11. The third-order valence-electron chi connectivity index (χ3n) is 2.94. The number of amides is 1. The molecule has 0 unspecified atom stereocenters. The molecule has 0 aliphatic heterocycles. The summed E-state index contributed by atoms with van der Waals surface area (Å²) in [6.45, 7) is 2.10. The second kappa shape index (κ2) is 5.26. The van der Waals surface area contributed by atoms with Gasteiger partial charge in [0.2, 0.25) is 5.91 Å². The van der Waals surface area contributed by atoms with Gasteiger partial charge in [-0.1, -0.05) is 0 Å². The largest absolute Gasteiger partial charge is 0.491 e. The molecule has 2 N–H and O–H groups in total. The zero-order valence-electron chi connectivity index (χ0n) is 10.4. The molecule has 0 spiro atoms. The number of ether oxygens (including phenoxy) is 1. The lowest BCUT2D eigenvalue weighted by Crippen LogP contribution is -2.16. The predicted molar refractivity (Wildman–Crippen MR) is 65.4 cm³/mol. The molecule has 0 heterocycles. The van der Waals surface area contributed by atoms with Crippen molar-refractivity contribution in [3.63, 3.8) is 0 Å². The van der Waals surface area contributed by atoms with Crippen LogP contribution in [0.4, 0.5) is 10.1 Å². The summed E-state index contributed by atoms with van der Waals surface area (Å²) in [6, 6.07) is 4.10. The van der Waals surface area contributed by atoms with Gasteiger partial charge >= 0.3 is 5.97 Å². The molecule has 1 aromatic carbocycles. The Bertz CT molecular complexity index is 517. The van der Waals surface area contributed by atoms with E-state index in [-0.39, 0.29) is 5.75 Å². The minimum Gasteiger partial charge on any atom is -0.491 e. The lowest BCUT2D eigenvalue weighted by Gasteiger charge is -2.08. The standard InChI is InChI=1S/C13H14FNO4/c1-2-19-11-4-3-7(5-10(11)14)15-12(16)8-6-9(8)13(17)18/h3-5,8-9H,2,6H2,1H3,(H,15,16)(H,17,18)/t8-,9+/m1/s1. The number of halogens is 1. The van der Waals surface area contributed by atoms with E-state index in [9.17, 15) is 14.0 Å². The van der Waals surface area contributed by atoms with Crippen molar-refractivity contribution in [3.8, 4) is 5.75 Å². The normalized spacial score (nSPS) is 20.7. The molecule has 2 atom stereocenters. The third-order valence-corrected chi connectivity index (χ3v) is 2.94. The number of carboxylic acid groups (broad SMARTS) is 1. The molecule has 0 saturated heterocycles. The van der Waals surface area contributed by atoms with Gasteiger partial charge in [0.25, 0.3) is 0 Å². The first kappa shape index (κ1) is 13.3. The molecule has 2 rings (SSSR count). The summed E-state index contributed by atoms with van der Waals surface area (Å²) in [5, 5.41) is 11.2. The van der Waals surface area contributed by atoms with Crippen LogP contribution < -0.4 is 10.1 Å². The molecule has 5 nitrogen and oxygen atoms in total. The van der Waals surface area contributed by atoms with Crippen molar-refractivity contribution in [1.82, 2.24) is 0 Å². The summed E-state index contributed by atoms with van der Waals surface area (Å²) in [5.41, 5.74) is 0.294. The summed E-state index contributed by atoms with van der Waals surface area (Å²) in [7, 11) is 0.